The van der Waals surface area contributed by atoms with Crippen molar-refractivity contribution in [1.29, 1.82) is 0 Å². The van der Waals surface area contributed by atoms with Crippen LogP contribution >= 0.6 is 0 Å². The summed E-state index contributed by atoms with van der Waals surface area (Å²) in [6.45, 7) is 5.34. The molecule has 1 aliphatic carbocycles. The van der Waals surface area contributed by atoms with Crippen molar-refractivity contribution in [2.24, 2.45) is 4.99 Å². The minimum absolute atomic E-state index is 0.164. The lowest BCUT2D eigenvalue weighted by atomic mass is 9.82. The zero-order valence-corrected chi connectivity index (χ0v) is 10.4. The zero-order valence-electron chi connectivity index (χ0n) is 10.4. The van der Waals surface area contributed by atoms with Crippen molar-refractivity contribution in [2.75, 3.05) is 7.05 Å². The number of hydrogen-bond acceptors (Lipinski definition) is 3. The van der Waals surface area contributed by atoms with Gasteiger partial charge in [0.25, 0.3) is 0 Å². The van der Waals surface area contributed by atoms with Gasteiger partial charge in [-0.05, 0) is 6.92 Å². The Morgan fingerprint density at radius 3 is 2.22 bits per heavy atom. The van der Waals surface area contributed by atoms with Crippen molar-refractivity contribution in [3.63, 3.8) is 0 Å². The molecule has 0 radical (unpaired) electrons. The van der Waals surface area contributed by atoms with E-state index in [2.05, 4.69) is 11.6 Å². The van der Waals surface area contributed by atoms with E-state index in [1.807, 2.05) is 0 Å². The highest BCUT2D eigenvalue weighted by molar-refractivity contribution is 6.37. The fourth-order valence-electron chi connectivity index (χ4n) is 2.06. The van der Waals surface area contributed by atoms with Gasteiger partial charge in [0, 0.05) is 29.5 Å². The van der Waals surface area contributed by atoms with Gasteiger partial charge in [-0.25, -0.2) is 0 Å². The summed E-state index contributed by atoms with van der Waals surface area (Å²) in [7, 11) is 1.60. The van der Waals surface area contributed by atoms with E-state index in [4.69, 9.17) is 0 Å². The van der Waals surface area contributed by atoms with Crippen LogP contribution in [-0.2, 0) is 0 Å². The quantitative estimate of drug-likeness (QED) is 0.745. The van der Waals surface area contributed by atoms with Crippen molar-refractivity contribution in [3.05, 3.63) is 59.2 Å². The third kappa shape index (κ3) is 1.64. The third-order valence-electron chi connectivity index (χ3n) is 3.06. The minimum Gasteiger partial charge on any atom is -0.293 e. The van der Waals surface area contributed by atoms with E-state index < -0.39 is 0 Å². The van der Waals surface area contributed by atoms with Crippen LogP contribution in [-0.4, -0.2) is 24.3 Å². The van der Waals surface area contributed by atoms with E-state index in [1.165, 1.54) is 6.08 Å². The lowest BCUT2D eigenvalue weighted by Gasteiger charge is -2.18. The first-order valence-electron chi connectivity index (χ1n) is 5.60. The molecule has 0 heterocycles. The van der Waals surface area contributed by atoms with Crippen LogP contribution in [0.5, 0.6) is 0 Å². The van der Waals surface area contributed by atoms with Crippen molar-refractivity contribution < 1.29 is 9.59 Å². The summed E-state index contributed by atoms with van der Waals surface area (Å²) in [6.07, 6.45) is 1.43. The van der Waals surface area contributed by atoms with Crippen LogP contribution in [0.25, 0.3) is 0 Å². The molecule has 0 amide bonds. The Balaban J connectivity index is 2.77. The van der Waals surface area contributed by atoms with Crippen LogP contribution < -0.4 is 0 Å². The average molecular weight is 239 g/mol. The summed E-state index contributed by atoms with van der Waals surface area (Å²) in [5.74, 6) is -0.332. The summed E-state index contributed by atoms with van der Waals surface area (Å²) >= 11 is 0. The monoisotopic (exact) mass is 239 g/mol. The van der Waals surface area contributed by atoms with E-state index in [1.54, 1.807) is 38.2 Å². The van der Waals surface area contributed by atoms with Crippen LogP contribution in [0.1, 0.15) is 27.6 Å². The van der Waals surface area contributed by atoms with Crippen LogP contribution in [0.4, 0.5) is 0 Å². The number of carbonyl (C=O) groups is 2. The zero-order chi connectivity index (χ0) is 13.3. The molecule has 2 rings (SSSR count). The maximum atomic E-state index is 12.4. The number of nitrogens with zero attached hydrogens (tertiary/aromatic N) is 1. The van der Waals surface area contributed by atoms with E-state index in [-0.39, 0.29) is 11.6 Å². The number of benzene rings is 1. The Bertz CT molecular complexity index is 621. The van der Waals surface area contributed by atoms with Crippen LogP contribution in [0.3, 0.4) is 0 Å². The second kappa shape index (κ2) is 4.53. The number of carbonyl (C=O) groups excluding carboxylic acids is 2. The summed E-state index contributed by atoms with van der Waals surface area (Å²) in [5.41, 5.74) is 2.12. The normalized spacial score (nSPS) is 15.8. The molecular weight excluding hydrogens is 226 g/mol. The van der Waals surface area contributed by atoms with Crippen molar-refractivity contribution in [1.82, 2.24) is 0 Å². The molecule has 18 heavy (non-hydrogen) atoms. The van der Waals surface area contributed by atoms with Gasteiger partial charge in [0.05, 0.1) is 5.57 Å². The van der Waals surface area contributed by atoms with E-state index >= 15 is 0 Å². The molecule has 3 nitrogen and oxygen atoms in total. The highest BCUT2D eigenvalue weighted by Gasteiger charge is 2.31. The Kier molecular flexibility index (Phi) is 3.06. The van der Waals surface area contributed by atoms with E-state index in [0.29, 0.717) is 28.0 Å². The van der Waals surface area contributed by atoms with Crippen LogP contribution in [0, 0.1) is 0 Å². The smallest absolute Gasteiger partial charge is 0.196 e. The van der Waals surface area contributed by atoms with Gasteiger partial charge < -0.3 is 0 Å². The lowest BCUT2D eigenvalue weighted by molar-refractivity contribution is 0.0982. The first-order chi connectivity index (χ1) is 8.61. The molecule has 0 atom stereocenters. The molecule has 0 aromatic heterocycles. The van der Waals surface area contributed by atoms with Gasteiger partial charge in [-0.3, -0.25) is 14.6 Å². The number of hydrogen-bond donors (Lipinski definition) is 0. The SMILES string of the molecule is C=CC1=C(C(C)=NC)C(=O)c2ccccc2C1=O. The average Bonchev–Trinajstić information content (AvgIpc) is 2.41. The minimum atomic E-state index is -0.168. The first kappa shape index (κ1) is 12.2. The molecule has 1 aliphatic rings. The molecule has 1 aromatic carbocycles. The lowest BCUT2D eigenvalue weighted by Crippen LogP contribution is -2.24. The second-order valence-corrected chi connectivity index (χ2v) is 4.01. The summed E-state index contributed by atoms with van der Waals surface area (Å²) in [6, 6.07) is 6.82. The maximum absolute atomic E-state index is 12.4. The Labute approximate surface area is 106 Å². The van der Waals surface area contributed by atoms with Crippen molar-refractivity contribution >= 4 is 17.3 Å². The van der Waals surface area contributed by atoms with Gasteiger partial charge in [-0.15, -0.1) is 0 Å². The Morgan fingerprint density at radius 2 is 1.72 bits per heavy atom. The molecular formula is C15H13NO2. The summed E-state index contributed by atoms with van der Waals surface area (Å²) < 4.78 is 0. The molecule has 0 spiro atoms. The molecule has 1 aromatic rings. The molecule has 0 fully saturated rings. The summed E-state index contributed by atoms with van der Waals surface area (Å²) in [4.78, 5) is 28.7. The van der Waals surface area contributed by atoms with Gasteiger partial charge in [-0.2, -0.15) is 0 Å². The molecule has 0 aliphatic heterocycles. The van der Waals surface area contributed by atoms with Gasteiger partial charge in [0.1, 0.15) is 0 Å². The standard InChI is InChI=1S/C15H13NO2/c1-4-10-13(9(2)16-3)15(18)12-8-6-5-7-11(12)14(10)17/h4-8H,1H2,2-3H3. The molecule has 3 heteroatoms. The molecule has 0 saturated heterocycles. The highest BCUT2D eigenvalue weighted by Crippen LogP contribution is 2.27. The Morgan fingerprint density at radius 1 is 1.17 bits per heavy atom. The maximum Gasteiger partial charge on any atom is 0.196 e. The van der Waals surface area contributed by atoms with Crippen molar-refractivity contribution in [2.45, 2.75) is 6.92 Å². The number of fused-ring (bicyclic) bond motifs is 1. The van der Waals surface area contributed by atoms with Crippen LogP contribution in [0.15, 0.2) is 53.1 Å². The van der Waals surface area contributed by atoms with Gasteiger partial charge in [0.15, 0.2) is 11.6 Å². The fourth-order valence-corrected chi connectivity index (χ4v) is 2.06. The number of rotatable bonds is 2. The second-order valence-electron chi connectivity index (χ2n) is 4.01. The highest BCUT2D eigenvalue weighted by atomic mass is 16.1. The van der Waals surface area contributed by atoms with Crippen molar-refractivity contribution in [3.8, 4) is 0 Å². The molecule has 0 bridgehead atoms. The molecule has 0 unspecified atom stereocenters. The molecule has 90 valence electrons. The van der Waals surface area contributed by atoms with E-state index in [0.717, 1.165) is 0 Å². The topological polar surface area (TPSA) is 46.5 Å². The van der Waals surface area contributed by atoms with Gasteiger partial charge in [0.2, 0.25) is 0 Å². The largest absolute Gasteiger partial charge is 0.293 e. The number of aliphatic imine (C=N–C) groups is 1. The number of ketones is 2. The Hall–Kier alpha value is -2.29. The third-order valence-corrected chi connectivity index (χ3v) is 3.06. The van der Waals surface area contributed by atoms with E-state index in [9.17, 15) is 9.59 Å². The first-order valence-corrected chi connectivity index (χ1v) is 5.60. The predicted octanol–water partition coefficient (Wildman–Crippen LogP) is 2.64. The molecule has 0 saturated carbocycles. The van der Waals surface area contributed by atoms with Gasteiger partial charge in [-0.1, -0.05) is 36.9 Å². The fraction of sp³-hybridized carbons (Fsp3) is 0.133. The number of allylic oxidation sites excluding steroid dienone is 3. The molecule has 0 N–H and O–H groups in total. The number of Topliss-reactive ketones (excluding diaryl/α,β-unsaturated/α-hetero) is 2. The predicted molar refractivity (Wildman–Crippen MR) is 71.4 cm³/mol. The van der Waals surface area contributed by atoms with Crippen LogP contribution in [0.2, 0.25) is 0 Å². The van der Waals surface area contributed by atoms with Gasteiger partial charge >= 0.3 is 0 Å². The summed E-state index contributed by atoms with van der Waals surface area (Å²) in [5, 5.41) is 0.